The molecular formula is C38H53ClN2. The maximum Gasteiger partial charge on any atom is 0.101 e. The van der Waals surface area contributed by atoms with Crippen LogP contribution in [0.4, 0.5) is 5.69 Å². The minimum Gasteiger partial charge on any atom is -0.358 e. The zero-order valence-electron chi connectivity index (χ0n) is 26.7. The number of anilines is 1. The number of aryl methyl sites for hydroxylation is 1. The highest BCUT2D eigenvalue weighted by atomic mass is 35.5. The van der Waals surface area contributed by atoms with Crippen molar-refractivity contribution in [3.8, 4) is 6.07 Å². The summed E-state index contributed by atoms with van der Waals surface area (Å²) in [6, 6.07) is 14.7. The van der Waals surface area contributed by atoms with Crippen molar-refractivity contribution in [2.24, 2.45) is 11.8 Å². The van der Waals surface area contributed by atoms with Gasteiger partial charge in [0.1, 0.15) is 6.07 Å². The predicted molar refractivity (Wildman–Crippen MR) is 181 cm³/mol. The Morgan fingerprint density at radius 3 is 2.22 bits per heavy atom. The Balaban J connectivity index is 0.000000240. The van der Waals surface area contributed by atoms with E-state index in [2.05, 4.69) is 56.9 Å². The first kappa shape index (κ1) is 34.4. The van der Waals surface area contributed by atoms with Crippen molar-refractivity contribution in [2.45, 2.75) is 112 Å². The molecule has 0 radical (unpaired) electrons. The van der Waals surface area contributed by atoms with Crippen LogP contribution in [0.15, 0.2) is 72.0 Å². The van der Waals surface area contributed by atoms with Crippen molar-refractivity contribution in [1.82, 2.24) is 0 Å². The van der Waals surface area contributed by atoms with Gasteiger partial charge in [0.05, 0.1) is 10.6 Å². The van der Waals surface area contributed by atoms with Crippen molar-refractivity contribution in [3.05, 3.63) is 99.2 Å². The third-order valence-corrected chi connectivity index (χ3v) is 8.62. The second-order valence-corrected chi connectivity index (χ2v) is 12.0. The summed E-state index contributed by atoms with van der Waals surface area (Å²) in [6.45, 7) is 18.5. The van der Waals surface area contributed by atoms with E-state index in [0.717, 1.165) is 23.8 Å². The van der Waals surface area contributed by atoms with E-state index in [1.807, 2.05) is 58.0 Å². The number of hydrogen-bond acceptors (Lipinski definition) is 2. The molecule has 2 nitrogen and oxygen atoms in total. The van der Waals surface area contributed by atoms with E-state index in [9.17, 15) is 0 Å². The molecule has 0 unspecified atom stereocenters. The highest BCUT2D eigenvalue weighted by Gasteiger charge is 2.26. The maximum absolute atomic E-state index is 8.68. The molecule has 41 heavy (non-hydrogen) atoms. The van der Waals surface area contributed by atoms with Crippen LogP contribution in [0.1, 0.15) is 121 Å². The fourth-order valence-electron chi connectivity index (χ4n) is 5.71. The Hall–Kier alpha value is -2.76. The topological polar surface area (TPSA) is 35.8 Å². The molecule has 0 spiro atoms. The smallest absolute Gasteiger partial charge is 0.101 e. The van der Waals surface area contributed by atoms with E-state index in [-0.39, 0.29) is 0 Å². The molecule has 3 heteroatoms. The van der Waals surface area contributed by atoms with Gasteiger partial charge in [-0.05, 0) is 112 Å². The lowest BCUT2D eigenvalue weighted by Gasteiger charge is -2.34. The molecule has 222 valence electrons. The predicted octanol–water partition coefficient (Wildman–Crippen LogP) is 12.1. The quantitative estimate of drug-likeness (QED) is 0.370. The van der Waals surface area contributed by atoms with Crippen molar-refractivity contribution in [3.63, 3.8) is 0 Å². The van der Waals surface area contributed by atoms with Crippen molar-refractivity contribution in [2.75, 3.05) is 5.32 Å². The molecule has 2 aromatic rings. The molecule has 2 saturated carbocycles. The Kier molecular flexibility index (Phi) is 15.1. The molecule has 0 amide bonds. The number of fused-ring (bicyclic) bond motifs is 1. The highest BCUT2D eigenvalue weighted by Crippen LogP contribution is 2.40. The number of halogens is 1. The molecule has 0 bridgehead atoms. The van der Waals surface area contributed by atoms with Crippen LogP contribution >= 0.6 is 11.6 Å². The Morgan fingerprint density at radius 1 is 1.05 bits per heavy atom. The summed E-state index contributed by atoms with van der Waals surface area (Å²) in [7, 11) is 0. The SMILES string of the molecule is C=C(C)/C=C/C.CC.CCC1=C(C2CCC(C)CC2)Nc2ccc(C)cc2C1.N#Cc1ccc(C2CCC2)cc1Cl. The van der Waals surface area contributed by atoms with Gasteiger partial charge in [0.2, 0.25) is 0 Å². The van der Waals surface area contributed by atoms with E-state index in [1.54, 1.807) is 11.3 Å². The van der Waals surface area contributed by atoms with Gasteiger partial charge in [-0.3, -0.25) is 0 Å². The first-order valence-corrected chi connectivity index (χ1v) is 16.2. The number of nitrogens with one attached hydrogen (secondary N) is 1. The Morgan fingerprint density at radius 2 is 1.73 bits per heavy atom. The molecule has 0 aromatic heterocycles. The van der Waals surface area contributed by atoms with E-state index in [0.29, 0.717) is 16.5 Å². The fraction of sp³-hybridized carbons (Fsp3) is 0.500. The van der Waals surface area contributed by atoms with Gasteiger partial charge in [0, 0.05) is 11.4 Å². The van der Waals surface area contributed by atoms with Gasteiger partial charge < -0.3 is 5.32 Å². The van der Waals surface area contributed by atoms with Crippen LogP contribution in [-0.2, 0) is 6.42 Å². The first-order valence-electron chi connectivity index (χ1n) is 15.8. The summed E-state index contributed by atoms with van der Waals surface area (Å²) in [5, 5.41) is 13.1. The van der Waals surface area contributed by atoms with E-state index >= 15 is 0 Å². The van der Waals surface area contributed by atoms with E-state index < -0.39 is 0 Å². The van der Waals surface area contributed by atoms with Gasteiger partial charge in [0.15, 0.2) is 0 Å². The van der Waals surface area contributed by atoms with Crippen LogP contribution in [0, 0.1) is 30.1 Å². The molecular weight excluding hydrogens is 520 g/mol. The molecule has 2 aromatic carbocycles. The minimum absolute atomic E-state index is 0.574. The summed E-state index contributed by atoms with van der Waals surface area (Å²) >= 11 is 5.93. The zero-order chi connectivity index (χ0) is 30.4. The largest absolute Gasteiger partial charge is 0.358 e. The monoisotopic (exact) mass is 572 g/mol. The average Bonchev–Trinajstić information content (AvgIpc) is 2.94. The third-order valence-electron chi connectivity index (χ3n) is 8.31. The fourth-order valence-corrected chi connectivity index (χ4v) is 5.94. The molecule has 3 aliphatic rings. The van der Waals surface area contributed by atoms with E-state index in [1.165, 1.54) is 73.7 Å². The molecule has 5 rings (SSSR count). The van der Waals surface area contributed by atoms with Crippen LogP contribution in [0.3, 0.4) is 0 Å². The maximum atomic E-state index is 8.68. The van der Waals surface area contributed by atoms with Crippen LogP contribution < -0.4 is 5.32 Å². The van der Waals surface area contributed by atoms with Crippen molar-refractivity contribution in [1.29, 1.82) is 5.26 Å². The number of benzene rings is 2. The van der Waals surface area contributed by atoms with Crippen LogP contribution in [-0.4, -0.2) is 0 Å². The van der Waals surface area contributed by atoms with Gasteiger partial charge in [0.25, 0.3) is 0 Å². The standard InChI is InChI=1S/C19H27N.C11H10ClN.C6H10.C2H6/c1-4-15-12-17-11-14(3)7-10-18(17)20-19(15)16-8-5-13(2)6-9-16;12-11-6-9(8-2-1-3-8)4-5-10(11)7-13;1-4-5-6(2)3;1-2/h7,10-11,13,16,20H,4-6,8-9,12H2,1-3H3;4-6,8H,1-3H2;4-5H,2H2,1,3H3;1-2H3/b;;5-4+;. The summed E-state index contributed by atoms with van der Waals surface area (Å²) in [6.07, 6.45) is 15.7. The number of rotatable bonds is 4. The number of nitrogens with zero attached hydrogens (tertiary/aromatic N) is 1. The lowest BCUT2D eigenvalue weighted by atomic mass is 9.78. The van der Waals surface area contributed by atoms with E-state index in [4.69, 9.17) is 16.9 Å². The number of allylic oxidation sites excluding steroid dienone is 5. The van der Waals surface area contributed by atoms with Crippen LogP contribution in [0.2, 0.25) is 5.02 Å². The van der Waals surface area contributed by atoms with Gasteiger partial charge in [-0.2, -0.15) is 5.26 Å². The summed E-state index contributed by atoms with van der Waals surface area (Å²) in [5.41, 5.74) is 10.4. The molecule has 0 saturated heterocycles. The summed E-state index contributed by atoms with van der Waals surface area (Å²) in [4.78, 5) is 0. The summed E-state index contributed by atoms with van der Waals surface area (Å²) < 4.78 is 0. The minimum atomic E-state index is 0.574. The van der Waals surface area contributed by atoms with Gasteiger partial charge in [-0.1, -0.05) is 107 Å². The molecule has 2 fully saturated rings. The molecule has 1 heterocycles. The normalized spacial score (nSPS) is 19.5. The lowest BCUT2D eigenvalue weighted by molar-refractivity contribution is 0.319. The number of nitriles is 1. The third kappa shape index (κ3) is 10.5. The van der Waals surface area contributed by atoms with Gasteiger partial charge in [-0.25, -0.2) is 0 Å². The summed E-state index contributed by atoms with van der Waals surface area (Å²) in [5.74, 6) is 2.39. The first-order chi connectivity index (χ1) is 19.7. The van der Waals surface area contributed by atoms with Crippen molar-refractivity contribution >= 4 is 17.3 Å². The second kappa shape index (κ2) is 17.9. The molecule has 2 aliphatic carbocycles. The molecule has 1 N–H and O–H groups in total. The van der Waals surface area contributed by atoms with Crippen LogP contribution in [0.5, 0.6) is 0 Å². The second-order valence-electron chi connectivity index (χ2n) is 11.6. The van der Waals surface area contributed by atoms with Gasteiger partial charge >= 0.3 is 0 Å². The van der Waals surface area contributed by atoms with Crippen LogP contribution in [0.25, 0.3) is 0 Å². The molecule has 1 aliphatic heterocycles. The molecule has 0 atom stereocenters. The highest BCUT2D eigenvalue weighted by molar-refractivity contribution is 6.31. The van der Waals surface area contributed by atoms with Gasteiger partial charge in [-0.15, -0.1) is 0 Å². The Labute approximate surface area is 256 Å². The van der Waals surface area contributed by atoms with Crippen molar-refractivity contribution < 1.29 is 0 Å². The average molecular weight is 573 g/mol. The Bertz CT molecular complexity index is 1220. The lowest BCUT2D eigenvalue weighted by Crippen LogP contribution is -2.23. The number of hydrogen-bond donors (Lipinski definition) is 1. The zero-order valence-corrected chi connectivity index (χ0v) is 27.5.